The molecule has 0 spiro atoms. The number of nitrogens with zero attached hydrogens (tertiary/aromatic N) is 1. The Balaban J connectivity index is 1.75. The predicted octanol–water partition coefficient (Wildman–Crippen LogP) is 3.39. The van der Waals surface area contributed by atoms with Gasteiger partial charge in [-0.2, -0.15) is 13.2 Å². The van der Waals surface area contributed by atoms with Crippen molar-refractivity contribution in [2.24, 2.45) is 0 Å². The highest BCUT2D eigenvalue weighted by atomic mass is 19.4. The van der Waals surface area contributed by atoms with Crippen molar-refractivity contribution in [2.75, 3.05) is 35.6 Å². The lowest BCUT2D eigenvalue weighted by molar-refractivity contribution is -0.159. The summed E-state index contributed by atoms with van der Waals surface area (Å²) >= 11 is 0. The van der Waals surface area contributed by atoms with Gasteiger partial charge in [-0.25, -0.2) is 4.79 Å². The molecule has 1 unspecified atom stereocenters. The van der Waals surface area contributed by atoms with Crippen LogP contribution in [-0.2, 0) is 4.74 Å². The maximum atomic E-state index is 12.4. The van der Waals surface area contributed by atoms with E-state index >= 15 is 0 Å². The third kappa shape index (κ3) is 5.41. The number of hydrogen-bond donors (Lipinski definition) is 3. The van der Waals surface area contributed by atoms with Crippen LogP contribution < -0.4 is 21.3 Å². The third-order valence-electron chi connectivity index (χ3n) is 4.57. The van der Waals surface area contributed by atoms with Crippen LogP contribution in [0.1, 0.15) is 16.8 Å². The molecule has 1 atom stereocenters. The summed E-state index contributed by atoms with van der Waals surface area (Å²) in [5.74, 6) is -0.409. The molecule has 10 heteroatoms. The monoisotopic (exact) mass is 422 g/mol. The fourth-order valence-corrected chi connectivity index (χ4v) is 3.12. The van der Waals surface area contributed by atoms with Crippen LogP contribution in [0, 0.1) is 0 Å². The number of hydrogen-bond acceptors (Lipinski definition) is 5. The number of carbonyl (C=O) groups is 2. The van der Waals surface area contributed by atoms with Gasteiger partial charge in [0.15, 0.2) is 6.61 Å². The van der Waals surface area contributed by atoms with E-state index in [0.29, 0.717) is 42.1 Å². The minimum atomic E-state index is -4.61. The number of carbonyl (C=O) groups excluding carboxylic acids is 2. The Bertz CT molecular complexity index is 897. The summed E-state index contributed by atoms with van der Waals surface area (Å²) in [5.41, 5.74) is 7.33. The topological polar surface area (TPSA) is 96.7 Å². The SMILES string of the molecule is Nc1ccccc1NC(=O)c1ccc(N(C(=O)OCC(F)(F)F)C2CCNC2)cc1. The standard InChI is InChI=1S/C20H21F3N4O3/c21-20(22,23)12-30-19(29)27(15-9-10-25-11-15)14-7-5-13(6-8-14)18(28)26-17-4-2-1-3-16(17)24/h1-8,15,25H,9-12,24H2,(H,26,28). The van der Waals surface area contributed by atoms with E-state index < -0.39 is 24.8 Å². The van der Waals surface area contributed by atoms with Crippen molar-refractivity contribution in [2.45, 2.75) is 18.6 Å². The molecule has 1 aliphatic heterocycles. The lowest BCUT2D eigenvalue weighted by Crippen LogP contribution is -2.43. The zero-order chi connectivity index (χ0) is 21.7. The van der Waals surface area contributed by atoms with Crippen LogP contribution in [0.4, 0.5) is 35.0 Å². The van der Waals surface area contributed by atoms with E-state index in [9.17, 15) is 22.8 Å². The first-order chi connectivity index (χ1) is 14.2. The molecule has 160 valence electrons. The second-order valence-electron chi connectivity index (χ2n) is 6.77. The smallest absolute Gasteiger partial charge is 0.422 e. The Morgan fingerprint density at radius 3 is 2.47 bits per heavy atom. The minimum absolute atomic E-state index is 0.301. The number of amides is 2. The molecule has 2 amide bonds. The van der Waals surface area contributed by atoms with Crippen LogP contribution in [0.5, 0.6) is 0 Å². The van der Waals surface area contributed by atoms with Crippen molar-refractivity contribution in [1.82, 2.24) is 5.32 Å². The molecule has 2 aromatic rings. The molecule has 1 fully saturated rings. The fourth-order valence-electron chi connectivity index (χ4n) is 3.12. The maximum absolute atomic E-state index is 12.4. The van der Waals surface area contributed by atoms with Gasteiger partial charge in [-0.15, -0.1) is 0 Å². The molecule has 1 heterocycles. The van der Waals surface area contributed by atoms with Crippen LogP contribution in [0.3, 0.4) is 0 Å². The molecule has 7 nitrogen and oxygen atoms in total. The molecule has 1 saturated heterocycles. The normalized spacial score (nSPS) is 16.2. The molecule has 0 saturated carbocycles. The summed E-state index contributed by atoms with van der Waals surface area (Å²) in [7, 11) is 0. The van der Waals surface area contributed by atoms with Gasteiger partial charge in [-0.1, -0.05) is 12.1 Å². The van der Waals surface area contributed by atoms with E-state index in [2.05, 4.69) is 15.4 Å². The summed E-state index contributed by atoms with van der Waals surface area (Å²) in [6, 6.07) is 12.4. The molecule has 4 N–H and O–H groups in total. The number of rotatable bonds is 5. The molecular formula is C20H21F3N4O3. The highest BCUT2D eigenvalue weighted by Gasteiger charge is 2.34. The Morgan fingerprint density at radius 1 is 1.17 bits per heavy atom. The van der Waals surface area contributed by atoms with Crippen LogP contribution in [-0.4, -0.2) is 43.9 Å². The first-order valence-electron chi connectivity index (χ1n) is 9.24. The van der Waals surface area contributed by atoms with Crippen LogP contribution in [0.25, 0.3) is 0 Å². The summed E-state index contributed by atoms with van der Waals surface area (Å²) in [4.78, 5) is 26.0. The number of alkyl halides is 3. The van der Waals surface area contributed by atoms with Gasteiger partial charge in [0.05, 0.1) is 17.4 Å². The van der Waals surface area contributed by atoms with Gasteiger partial charge >= 0.3 is 12.3 Å². The van der Waals surface area contributed by atoms with Crippen molar-refractivity contribution in [3.63, 3.8) is 0 Å². The summed E-state index contributed by atoms with van der Waals surface area (Å²) in [5, 5.41) is 5.75. The van der Waals surface area contributed by atoms with Crippen molar-refractivity contribution >= 4 is 29.1 Å². The average molecular weight is 422 g/mol. The summed E-state index contributed by atoms with van der Waals surface area (Å²) in [6.45, 7) is -0.606. The molecule has 2 aromatic carbocycles. The van der Waals surface area contributed by atoms with Crippen molar-refractivity contribution in [3.8, 4) is 0 Å². The number of anilines is 3. The molecule has 0 aromatic heterocycles. The molecule has 1 aliphatic rings. The van der Waals surface area contributed by atoms with Gasteiger partial charge in [0.1, 0.15) is 0 Å². The summed E-state index contributed by atoms with van der Waals surface area (Å²) < 4.78 is 41.8. The van der Waals surface area contributed by atoms with E-state index in [4.69, 9.17) is 5.73 Å². The molecular weight excluding hydrogens is 401 g/mol. The quantitative estimate of drug-likeness (QED) is 0.642. The first-order valence-corrected chi connectivity index (χ1v) is 9.24. The second kappa shape index (κ2) is 9.04. The minimum Gasteiger partial charge on any atom is -0.439 e. The highest BCUT2D eigenvalue weighted by molar-refractivity contribution is 6.06. The zero-order valence-corrected chi connectivity index (χ0v) is 15.9. The van der Waals surface area contributed by atoms with Crippen LogP contribution in [0.2, 0.25) is 0 Å². The van der Waals surface area contributed by atoms with Crippen molar-refractivity contribution < 1.29 is 27.5 Å². The largest absolute Gasteiger partial charge is 0.439 e. The number of halogens is 3. The Labute approximate surface area is 171 Å². The van der Waals surface area contributed by atoms with Crippen molar-refractivity contribution in [3.05, 3.63) is 54.1 Å². The lowest BCUT2D eigenvalue weighted by Gasteiger charge is -2.28. The maximum Gasteiger partial charge on any atom is 0.422 e. The Hall–Kier alpha value is -3.27. The zero-order valence-electron chi connectivity index (χ0n) is 15.9. The Morgan fingerprint density at radius 2 is 1.87 bits per heavy atom. The van der Waals surface area contributed by atoms with E-state index in [1.165, 1.54) is 29.2 Å². The van der Waals surface area contributed by atoms with E-state index in [-0.39, 0.29) is 6.04 Å². The number of ether oxygens (including phenoxy) is 1. The molecule has 3 rings (SSSR count). The molecule has 30 heavy (non-hydrogen) atoms. The van der Waals surface area contributed by atoms with Gasteiger partial charge in [0.25, 0.3) is 5.91 Å². The van der Waals surface area contributed by atoms with E-state index in [1.54, 1.807) is 24.3 Å². The number of nitrogens with one attached hydrogen (secondary N) is 2. The van der Waals surface area contributed by atoms with Gasteiger partial charge in [0.2, 0.25) is 0 Å². The Kier molecular flexibility index (Phi) is 6.46. The number of nitrogens with two attached hydrogens (primary N) is 1. The first kappa shape index (κ1) is 21.4. The van der Waals surface area contributed by atoms with Gasteiger partial charge in [-0.05, 0) is 49.4 Å². The lowest BCUT2D eigenvalue weighted by atomic mass is 10.1. The highest BCUT2D eigenvalue weighted by Crippen LogP contribution is 2.24. The van der Waals surface area contributed by atoms with E-state index in [0.717, 1.165) is 0 Å². The van der Waals surface area contributed by atoms with Gasteiger partial charge in [-0.3, -0.25) is 9.69 Å². The average Bonchev–Trinajstić information content (AvgIpc) is 3.22. The van der Waals surface area contributed by atoms with Crippen LogP contribution in [0.15, 0.2) is 48.5 Å². The van der Waals surface area contributed by atoms with E-state index in [1.807, 2.05) is 0 Å². The van der Waals surface area contributed by atoms with Gasteiger partial charge in [0, 0.05) is 17.8 Å². The number of para-hydroxylation sites is 2. The van der Waals surface area contributed by atoms with Gasteiger partial charge < -0.3 is 21.1 Å². The molecule has 0 bridgehead atoms. The predicted molar refractivity (Wildman–Crippen MR) is 106 cm³/mol. The molecule has 0 radical (unpaired) electrons. The summed E-state index contributed by atoms with van der Waals surface area (Å²) in [6.07, 6.45) is -5.14. The fraction of sp³-hybridized carbons (Fsp3) is 0.300. The number of nitrogen functional groups attached to an aromatic ring is 1. The number of benzene rings is 2. The van der Waals surface area contributed by atoms with Crippen LogP contribution >= 0.6 is 0 Å². The second-order valence-corrected chi connectivity index (χ2v) is 6.77. The third-order valence-corrected chi connectivity index (χ3v) is 4.57. The molecule has 0 aliphatic carbocycles. The van der Waals surface area contributed by atoms with Crippen molar-refractivity contribution in [1.29, 1.82) is 0 Å².